The van der Waals surface area contributed by atoms with Crippen molar-refractivity contribution in [1.29, 1.82) is 0 Å². The molecule has 0 aromatic heterocycles. The smallest absolute Gasteiger partial charge is 0.275 e. The highest BCUT2D eigenvalue weighted by atomic mass is 16.5. The average Bonchev–Trinajstić information content (AvgIpc) is 2.74. The third-order valence-corrected chi connectivity index (χ3v) is 4.71. The topological polar surface area (TPSA) is 53.9 Å². The van der Waals surface area contributed by atoms with Gasteiger partial charge in [-0.05, 0) is 54.4 Å². The Bertz CT molecular complexity index is 977. The number of hydrazone groups is 1. The Morgan fingerprint density at radius 2 is 1.68 bits per heavy atom. The molecule has 5 heteroatoms. The summed E-state index contributed by atoms with van der Waals surface area (Å²) in [5, 5.41) is 6.09. The van der Waals surface area contributed by atoms with E-state index in [1.165, 1.54) is 5.69 Å². The fourth-order valence-electron chi connectivity index (χ4n) is 3.15. The highest BCUT2D eigenvalue weighted by Gasteiger charge is 2.13. The van der Waals surface area contributed by atoms with E-state index in [2.05, 4.69) is 41.4 Å². The first-order valence-corrected chi connectivity index (χ1v) is 9.41. The molecule has 0 aliphatic carbocycles. The monoisotopic (exact) mass is 375 g/mol. The lowest BCUT2D eigenvalue weighted by atomic mass is 10.1. The molecule has 5 nitrogen and oxygen atoms in total. The summed E-state index contributed by atoms with van der Waals surface area (Å²) < 4.78 is 5.38. The number of hydrogen-bond acceptors (Lipinski definition) is 4. The van der Waals surface area contributed by atoms with Crippen molar-refractivity contribution in [2.24, 2.45) is 5.10 Å². The zero-order valence-electron chi connectivity index (χ0n) is 16.5. The fraction of sp³-hybridized carbons (Fsp3) is 0.217. The van der Waals surface area contributed by atoms with Gasteiger partial charge in [-0.2, -0.15) is 5.10 Å². The molecule has 0 saturated carbocycles. The molecule has 0 heterocycles. The number of rotatable bonds is 7. The van der Waals surface area contributed by atoms with Gasteiger partial charge in [-0.3, -0.25) is 4.79 Å². The Balaban J connectivity index is 1.72. The summed E-state index contributed by atoms with van der Waals surface area (Å²) in [6.45, 7) is 6.20. The van der Waals surface area contributed by atoms with Crippen molar-refractivity contribution in [2.45, 2.75) is 13.8 Å². The second kappa shape index (κ2) is 9.04. The maximum Gasteiger partial charge on any atom is 0.275 e. The molecule has 0 unspecified atom stereocenters. The highest BCUT2D eigenvalue weighted by molar-refractivity contribution is 6.02. The lowest BCUT2D eigenvalue weighted by molar-refractivity contribution is 0.0952. The van der Waals surface area contributed by atoms with E-state index in [-0.39, 0.29) is 5.91 Å². The molecular formula is C23H25N3O2. The van der Waals surface area contributed by atoms with Gasteiger partial charge in [0.05, 0.1) is 18.9 Å². The van der Waals surface area contributed by atoms with E-state index in [1.54, 1.807) is 13.3 Å². The van der Waals surface area contributed by atoms with Crippen LogP contribution in [0.1, 0.15) is 29.8 Å². The van der Waals surface area contributed by atoms with E-state index in [1.807, 2.05) is 48.5 Å². The summed E-state index contributed by atoms with van der Waals surface area (Å²) in [7, 11) is 1.56. The van der Waals surface area contributed by atoms with E-state index in [4.69, 9.17) is 4.74 Å². The van der Waals surface area contributed by atoms with Crippen molar-refractivity contribution in [3.8, 4) is 5.75 Å². The first-order valence-electron chi connectivity index (χ1n) is 9.41. The zero-order chi connectivity index (χ0) is 19.9. The maximum absolute atomic E-state index is 12.6. The minimum Gasteiger partial charge on any atom is -0.496 e. The molecule has 1 N–H and O–H groups in total. The molecule has 0 aliphatic rings. The second-order valence-corrected chi connectivity index (χ2v) is 6.36. The third-order valence-electron chi connectivity index (χ3n) is 4.71. The van der Waals surface area contributed by atoms with Crippen molar-refractivity contribution >= 4 is 28.6 Å². The molecule has 0 radical (unpaired) electrons. The van der Waals surface area contributed by atoms with Crippen molar-refractivity contribution in [1.82, 2.24) is 5.43 Å². The molecule has 3 aromatic rings. The van der Waals surface area contributed by atoms with E-state index in [9.17, 15) is 4.79 Å². The number of ether oxygens (including phenoxy) is 1. The number of benzene rings is 3. The Kier molecular flexibility index (Phi) is 6.27. The first-order chi connectivity index (χ1) is 13.7. The van der Waals surface area contributed by atoms with Crippen LogP contribution in [0.15, 0.2) is 65.8 Å². The van der Waals surface area contributed by atoms with Crippen molar-refractivity contribution in [3.05, 3.63) is 71.8 Å². The van der Waals surface area contributed by atoms with Gasteiger partial charge in [-0.25, -0.2) is 5.43 Å². The Morgan fingerprint density at radius 3 is 2.29 bits per heavy atom. The average molecular weight is 375 g/mol. The van der Waals surface area contributed by atoms with Crippen LogP contribution in [0.5, 0.6) is 5.75 Å². The van der Waals surface area contributed by atoms with Crippen LogP contribution >= 0.6 is 0 Å². The second-order valence-electron chi connectivity index (χ2n) is 6.36. The highest BCUT2D eigenvalue weighted by Crippen LogP contribution is 2.25. The summed E-state index contributed by atoms with van der Waals surface area (Å²) in [6.07, 6.45) is 1.64. The van der Waals surface area contributed by atoms with Crippen LogP contribution in [-0.4, -0.2) is 32.3 Å². The maximum atomic E-state index is 12.6. The number of methoxy groups -OCH3 is 1. The molecule has 3 aromatic carbocycles. The number of nitrogens with zero attached hydrogens (tertiary/aromatic N) is 2. The van der Waals surface area contributed by atoms with Crippen LogP contribution in [-0.2, 0) is 0 Å². The number of carbonyl (C=O) groups excluding carboxylic acids is 1. The van der Waals surface area contributed by atoms with Crippen LogP contribution < -0.4 is 15.1 Å². The van der Waals surface area contributed by atoms with Crippen LogP contribution in [0.25, 0.3) is 10.8 Å². The van der Waals surface area contributed by atoms with E-state index < -0.39 is 0 Å². The molecule has 0 saturated heterocycles. The molecule has 0 bridgehead atoms. The summed E-state index contributed by atoms with van der Waals surface area (Å²) in [5.41, 5.74) is 5.13. The Morgan fingerprint density at radius 1 is 1.04 bits per heavy atom. The summed E-state index contributed by atoms with van der Waals surface area (Å²) in [4.78, 5) is 14.8. The van der Waals surface area contributed by atoms with Gasteiger partial charge < -0.3 is 9.64 Å². The Hall–Kier alpha value is -3.34. The quantitative estimate of drug-likeness (QED) is 0.490. The van der Waals surface area contributed by atoms with Gasteiger partial charge in [0.25, 0.3) is 5.91 Å². The molecule has 28 heavy (non-hydrogen) atoms. The fourth-order valence-corrected chi connectivity index (χ4v) is 3.15. The van der Waals surface area contributed by atoms with Gasteiger partial charge in [-0.1, -0.05) is 36.4 Å². The molecule has 0 fully saturated rings. The predicted octanol–water partition coefficient (Wildman–Crippen LogP) is 4.46. The van der Waals surface area contributed by atoms with Crippen molar-refractivity contribution in [3.63, 3.8) is 0 Å². The number of anilines is 1. The van der Waals surface area contributed by atoms with E-state index in [0.717, 1.165) is 29.4 Å². The molecule has 3 rings (SSSR count). The van der Waals surface area contributed by atoms with Gasteiger partial charge >= 0.3 is 0 Å². The summed E-state index contributed by atoms with van der Waals surface area (Å²) in [5.74, 6) is 0.216. The summed E-state index contributed by atoms with van der Waals surface area (Å²) >= 11 is 0. The minimum atomic E-state index is -0.307. The van der Waals surface area contributed by atoms with Crippen LogP contribution in [0.4, 0.5) is 5.69 Å². The lowest BCUT2D eigenvalue weighted by Gasteiger charge is -2.20. The summed E-state index contributed by atoms with van der Waals surface area (Å²) in [6, 6.07) is 19.6. The SMILES string of the molecule is CCN(CC)c1ccc(C=NNC(=O)c2cc3ccccc3cc2OC)cc1. The molecule has 0 aliphatic heterocycles. The van der Waals surface area contributed by atoms with Gasteiger partial charge in [0, 0.05) is 18.8 Å². The van der Waals surface area contributed by atoms with E-state index >= 15 is 0 Å². The molecule has 0 atom stereocenters. The number of hydrogen-bond donors (Lipinski definition) is 1. The Labute approximate surface area is 165 Å². The molecule has 1 amide bonds. The predicted molar refractivity (Wildman–Crippen MR) is 116 cm³/mol. The number of amides is 1. The van der Waals surface area contributed by atoms with Crippen LogP contribution in [0.3, 0.4) is 0 Å². The van der Waals surface area contributed by atoms with Gasteiger partial charge in [-0.15, -0.1) is 0 Å². The van der Waals surface area contributed by atoms with Crippen molar-refractivity contribution < 1.29 is 9.53 Å². The molecule has 144 valence electrons. The number of carbonyl (C=O) groups is 1. The molecular weight excluding hydrogens is 350 g/mol. The zero-order valence-corrected chi connectivity index (χ0v) is 16.5. The van der Waals surface area contributed by atoms with E-state index in [0.29, 0.717) is 11.3 Å². The molecule has 0 spiro atoms. The standard InChI is InChI=1S/C23H25N3O2/c1-4-26(5-2)20-12-10-17(11-13-20)16-24-25-23(27)21-14-18-8-6-7-9-19(18)15-22(21)28-3/h6-16H,4-5H2,1-3H3,(H,25,27). The van der Waals surface area contributed by atoms with Gasteiger partial charge in [0.1, 0.15) is 5.75 Å². The van der Waals surface area contributed by atoms with Gasteiger partial charge in [0.2, 0.25) is 0 Å². The van der Waals surface area contributed by atoms with Crippen LogP contribution in [0.2, 0.25) is 0 Å². The first kappa shape index (κ1) is 19.4. The normalized spacial score (nSPS) is 11.0. The van der Waals surface area contributed by atoms with Crippen LogP contribution in [0, 0.1) is 0 Å². The third kappa shape index (κ3) is 4.31. The number of fused-ring (bicyclic) bond motifs is 1. The van der Waals surface area contributed by atoms with Gasteiger partial charge in [0.15, 0.2) is 0 Å². The lowest BCUT2D eigenvalue weighted by Crippen LogP contribution is -2.21. The largest absolute Gasteiger partial charge is 0.496 e. The minimum absolute atomic E-state index is 0.307. The number of nitrogens with one attached hydrogen (secondary N) is 1. The van der Waals surface area contributed by atoms with Crippen molar-refractivity contribution in [2.75, 3.05) is 25.1 Å².